The SMILES string of the molecule is O=C(COc1ccc2c(=O)c(-c3ccc(Cl)cc3)c(C(F)(F)F)oc2c1)c1ccccc1. The van der Waals surface area contributed by atoms with Crippen molar-refractivity contribution in [2.24, 2.45) is 0 Å². The van der Waals surface area contributed by atoms with Gasteiger partial charge in [-0.3, -0.25) is 9.59 Å². The second-order valence-corrected chi connectivity index (χ2v) is 7.31. The minimum Gasteiger partial charge on any atom is -0.485 e. The highest BCUT2D eigenvalue weighted by atomic mass is 35.5. The molecule has 1 aromatic heterocycles. The number of alkyl halides is 3. The third-order valence-corrected chi connectivity index (χ3v) is 4.97. The monoisotopic (exact) mass is 458 g/mol. The van der Waals surface area contributed by atoms with Crippen molar-refractivity contribution in [1.82, 2.24) is 0 Å². The van der Waals surface area contributed by atoms with Crippen LogP contribution in [-0.2, 0) is 6.18 Å². The Bertz CT molecular complexity index is 1340. The lowest BCUT2D eigenvalue weighted by molar-refractivity contribution is -0.152. The number of carbonyl (C=O) groups excluding carboxylic acids is 1. The molecular formula is C24H14ClF3O4. The van der Waals surface area contributed by atoms with Crippen molar-refractivity contribution in [3.05, 3.63) is 99.4 Å². The summed E-state index contributed by atoms with van der Waals surface area (Å²) >= 11 is 5.81. The fourth-order valence-electron chi connectivity index (χ4n) is 3.20. The number of carbonyl (C=O) groups is 1. The first-order valence-electron chi connectivity index (χ1n) is 9.39. The van der Waals surface area contributed by atoms with Gasteiger partial charge in [0.05, 0.1) is 10.9 Å². The van der Waals surface area contributed by atoms with Crippen molar-refractivity contribution >= 4 is 28.4 Å². The Kier molecular flexibility index (Phi) is 5.76. The van der Waals surface area contributed by atoms with E-state index in [4.69, 9.17) is 20.8 Å². The molecule has 3 aromatic carbocycles. The smallest absolute Gasteiger partial charge is 0.450 e. The van der Waals surface area contributed by atoms with E-state index in [0.717, 1.165) is 6.07 Å². The van der Waals surface area contributed by atoms with Crippen LogP contribution in [0.15, 0.2) is 82.0 Å². The average molecular weight is 459 g/mol. The molecule has 0 aliphatic heterocycles. The predicted molar refractivity (Wildman–Crippen MR) is 114 cm³/mol. The third kappa shape index (κ3) is 4.38. The fourth-order valence-corrected chi connectivity index (χ4v) is 3.32. The zero-order chi connectivity index (χ0) is 22.9. The lowest BCUT2D eigenvalue weighted by atomic mass is 10.0. The molecule has 32 heavy (non-hydrogen) atoms. The van der Waals surface area contributed by atoms with Crippen molar-refractivity contribution < 1.29 is 27.1 Å². The van der Waals surface area contributed by atoms with Crippen LogP contribution in [0.3, 0.4) is 0 Å². The summed E-state index contributed by atoms with van der Waals surface area (Å²) in [6.07, 6.45) is -4.91. The zero-order valence-electron chi connectivity index (χ0n) is 16.3. The van der Waals surface area contributed by atoms with Crippen LogP contribution in [0.2, 0.25) is 5.02 Å². The second-order valence-electron chi connectivity index (χ2n) is 6.88. The Morgan fingerprint density at radius 1 is 0.969 bits per heavy atom. The Morgan fingerprint density at radius 2 is 1.66 bits per heavy atom. The molecule has 0 atom stereocenters. The van der Waals surface area contributed by atoms with E-state index in [-0.39, 0.29) is 34.7 Å². The molecule has 0 saturated heterocycles. The van der Waals surface area contributed by atoms with E-state index in [2.05, 4.69) is 0 Å². The maximum atomic E-state index is 13.7. The van der Waals surface area contributed by atoms with E-state index in [1.54, 1.807) is 30.3 Å². The molecule has 8 heteroatoms. The number of halogens is 4. The number of Topliss-reactive ketones (excluding diaryl/α,β-unsaturated/α-hetero) is 1. The van der Waals surface area contributed by atoms with E-state index in [1.807, 2.05) is 0 Å². The number of hydrogen-bond donors (Lipinski definition) is 0. The van der Waals surface area contributed by atoms with Gasteiger partial charge in [-0.2, -0.15) is 13.2 Å². The summed E-state index contributed by atoms with van der Waals surface area (Å²) in [6.45, 7) is -0.325. The van der Waals surface area contributed by atoms with Crippen LogP contribution >= 0.6 is 11.6 Å². The number of benzene rings is 3. The van der Waals surface area contributed by atoms with E-state index in [0.29, 0.717) is 10.6 Å². The summed E-state index contributed by atoms with van der Waals surface area (Å²) in [5.74, 6) is -1.63. The van der Waals surface area contributed by atoms with E-state index >= 15 is 0 Å². The Labute approximate surface area is 184 Å². The first-order valence-corrected chi connectivity index (χ1v) is 9.77. The van der Waals surface area contributed by atoms with Gasteiger partial charge in [-0.1, -0.05) is 54.1 Å². The third-order valence-electron chi connectivity index (χ3n) is 4.72. The van der Waals surface area contributed by atoms with Gasteiger partial charge in [-0.25, -0.2) is 0 Å². The van der Waals surface area contributed by atoms with Crippen LogP contribution in [0.5, 0.6) is 5.75 Å². The minimum absolute atomic E-state index is 0.0335. The van der Waals surface area contributed by atoms with Crippen molar-refractivity contribution in [3.8, 4) is 16.9 Å². The molecule has 4 rings (SSSR count). The summed E-state index contributed by atoms with van der Waals surface area (Å²) in [6, 6.07) is 17.7. The first-order chi connectivity index (χ1) is 15.2. The van der Waals surface area contributed by atoms with Gasteiger partial charge in [0.15, 0.2) is 12.4 Å². The van der Waals surface area contributed by atoms with E-state index in [1.165, 1.54) is 36.4 Å². The lowest BCUT2D eigenvalue weighted by Crippen LogP contribution is -2.16. The van der Waals surface area contributed by atoms with Gasteiger partial charge in [0, 0.05) is 16.7 Å². The summed E-state index contributed by atoms with van der Waals surface area (Å²) < 4.78 is 51.7. The molecule has 0 spiro atoms. The molecule has 0 fully saturated rings. The summed E-state index contributed by atoms with van der Waals surface area (Å²) in [7, 11) is 0. The maximum absolute atomic E-state index is 13.7. The standard InChI is InChI=1S/C24H14ClF3O4/c25-16-8-6-15(7-9-16)21-22(30)18-11-10-17(12-20(18)32-23(21)24(26,27)28)31-13-19(29)14-4-2-1-3-5-14/h1-12H,13H2. The summed E-state index contributed by atoms with van der Waals surface area (Å²) in [5, 5.41) is 0.268. The van der Waals surface area contributed by atoms with Crippen LogP contribution in [0.25, 0.3) is 22.1 Å². The van der Waals surface area contributed by atoms with E-state index < -0.39 is 22.9 Å². The van der Waals surface area contributed by atoms with Gasteiger partial charge in [-0.05, 0) is 29.8 Å². The molecule has 0 bridgehead atoms. The number of rotatable bonds is 5. The molecule has 162 valence electrons. The molecule has 0 N–H and O–H groups in total. The van der Waals surface area contributed by atoms with Crippen molar-refractivity contribution in [3.63, 3.8) is 0 Å². The van der Waals surface area contributed by atoms with Gasteiger partial charge < -0.3 is 9.15 Å². The highest BCUT2D eigenvalue weighted by Crippen LogP contribution is 2.38. The number of ether oxygens (including phenoxy) is 1. The Hall–Kier alpha value is -3.58. The molecule has 4 nitrogen and oxygen atoms in total. The topological polar surface area (TPSA) is 56.5 Å². The Morgan fingerprint density at radius 3 is 2.31 bits per heavy atom. The molecule has 1 heterocycles. The molecule has 0 radical (unpaired) electrons. The molecule has 0 aliphatic carbocycles. The van der Waals surface area contributed by atoms with Gasteiger partial charge in [-0.15, -0.1) is 0 Å². The molecule has 0 amide bonds. The van der Waals surface area contributed by atoms with Gasteiger partial charge >= 0.3 is 6.18 Å². The maximum Gasteiger partial charge on any atom is 0.450 e. The molecule has 0 unspecified atom stereocenters. The normalized spacial score (nSPS) is 11.5. The van der Waals surface area contributed by atoms with Crippen molar-refractivity contribution in [2.75, 3.05) is 6.61 Å². The number of hydrogen-bond acceptors (Lipinski definition) is 4. The van der Waals surface area contributed by atoms with Crippen LogP contribution in [0, 0.1) is 0 Å². The van der Waals surface area contributed by atoms with Crippen LogP contribution in [-0.4, -0.2) is 12.4 Å². The second kappa shape index (κ2) is 8.51. The van der Waals surface area contributed by atoms with Crippen molar-refractivity contribution in [1.29, 1.82) is 0 Å². The minimum atomic E-state index is -4.91. The van der Waals surface area contributed by atoms with E-state index in [9.17, 15) is 22.8 Å². The Balaban J connectivity index is 1.74. The molecule has 0 saturated carbocycles. The number of fused-ring (bicyclic) bond motifs is 1. The predicted octanol–water partition coefficient (Wildman–Crippen LogP) is 6.39. The van der Waals surface area contributed by atoms with Crippen LogP contribution < -0.4 is 10.2 Å². The van der Waals surface area contributed by atoms with Crippen LogP contribution in [0.4, 0.5) is 13.2 Å². The van der Waals surface area contributed by atoms with Gasteiger partial charge in [0.25, 0.3) is 0 Å². The largest absolute Gasteiger partial charge is 0.485 e. The summed E-state index contributed by atoms with van der Waals surface area (Å²) in [4.78, 5) is 25.1. The quantitative estimate of drug-likeness (QED) is 0.325. The van der Waals surface area contributed by atoms with Gasteiger partial charge in [0.1, 0.15) is 11.3 Å². The van der Waals surface area contributed by atoms with Gasteiger partial charge in [0.2, 0.25) is 11.2 Å². The van der Waals surface area contributed by atoms with Crippen LogP contribution in [0.1, 0.15) is 16.1 Å². The molecule has 0 aliphatic rings. The fraction of sp³-hybridized carbons (Fsp3) is 0.0833. The zero-order valence-corrected chi connectivity index (χ0v) is 17.0. The number of ketones is 1. The first kappa shape index (κ1) is 21.6. The summed E-state index contributed by atoms with van der Waals surface area (Å²) in [5.41, 5.74) is -1.27. The molecular weight excluding hydrogens is 445 g/mol. The molecule has 4 aromatic rings. The highest BCUT2D eigenvalue weighted by Gasteiger charge is 2.39. The lowest BCUT2D eigenvalue weighted by Gasteiger charge is -2.13. The van der Waals surface area contributed by atoms with Crippen molar-refractivity contribution in [2.45, 2.75) is 6.18 Å². The highest BCUT2D eigenvalue weighted by molar-refractivity contribution is 6.30. The average Bonchev–Trinajstić information content (AvgIpc) is 2.78.